The first kappa shape index (κ1) is 86.3. The second kappa shape index (κ2) is 42.7. The van der Waals surface area contributed by atoms with Gasteiger partial charge >= 0.3 is 0 Å². The molecule has 0 unspecified atom stereocenters. The maximum absolute atomic E-state index is 14.0. The van der Waals surface area contributed by atoms with Gasteiger partial charge in [-0.2, -0.15) is 11.8 Å². The van der Waals surface area contributed by atoms with Crippen LogP contribution in [0.3, 0.4) is 0 Å². The number of ketones is 1. The lowest BCUT2D eigenvalue weighted by molar-refractivity contribution is -0.396. The molecule has 0 aliphatic carbocycles. The Bertz CT molecular complexity index is 2340. The molecule has 21 heterocycles. The minimum absolute atomic E-state index is 0.00109. The fourth-order valence-electron chi connectivity index (χ4n) is 14.3. The summed E-state index contributed by atoms with van der Waals surface area (Å²) in [5.41, 5.74) is 0. The average Bonchev–Trinajstić information content (AvgIpc) is 0.779. The largest absolute Gasteiger partial charge is 0.394 e. The van der Waals surface area contributed by atoms with Gasteiger partial charge in [-0.05, 0) is 30.8 Å². The molecule has 21 aliphatic heterocycles. The molecule has 0 aromatic rings. The van der Waals surface area contributed by atoms with Crippen molar-refractivity contribution < 1.29 is 173 Å². The Morgan fingerprint density at radius 2 is 0.431 bits per heavy atom. The molecule has 35 nitrogen and oxygen atoms in total. The lowest BCUT2D eigenvalue weighted by atomic mass is 9.92. The first-order valence-electron chi connectivity index (χ1n) is 36.5. The van der Waals surface area contributed by atoms with Gasteiger partial charge in [0.15, 0.2) is 44.0 Å². The molecule has 0 spiro atoms. The third-order valence-corrected chi connectivity index (χ3v) is 21.6. The summed E-state index contributed by atoms with van der Waals surface area (Å²) < 4.78 is 81.8. The lowest BCUT2D eigenvalue weighted by Gasteiger charge is -2.50. The van der Waals surface area contributed by atoms with Crippen LogP contribution in [0.1, 0.15) is 142 Å². The monoisotopic (exact) mass is 1500 g/mol. The van der Waals surface area contributed by atoms with Crippen molar-refractivity contribution in [2.24, 2.45) is 0 Å². The Labute approximate surface area is 596 Å². The Balaban J connectivity index is 0.956. The number of hydrogen-bond acceptors (Lipinski definition) is 36. The molecular weight excluding hydrogens is 1380 g/mol. The highest BCUT2D eigenvalue weighted by Crippen LogP contribution is 2.40. The van der Waals surface area contributed by atoms with Crippen LogP contribution in [0.25, 0.3) is 0 Å². The van der Waals surface area contributed by atoms with Gasteiger partial charge in [0.1, 0.15) is 171 Å². The molecule has 0 amide bonds. The van der Waals surface area contributed by atoms with E-state index in [1.165, 1.54) is 82.8 Å². The van der Waals surface area contributed by atoms with Crippen molar-refractivity contribution in [3.05, 3.63) is 0 Å². The third-order valence-electron chi connectivity index (χ3n) is 20.4. The van der Waals surface area contributed by atoms with Crippen LogP contribution in [0, 0.1) is 0 Å². The number of Topliss-reactive ketones (excluding diaryl/α,β-unsaturated/α-hetero) is 1. The Morgan fingerprint density at radius 1 is 0.245 bits per heavy atom. The summed E-state index contributed by atoms with van der Waals surface area (Å²) in [7, 11) is 0. The predicted molar refractivity (Wildman–Crippen MR) is 346 cm³/mol. The van der Waals surface area contributed by atoms with Crippen molar-refractivity contribution >= 4 is 17.5 Å². The maximum atomic E-state index is 14.0. The molecule has 36 heteroatoms. The van der Waals surface area contributed by atoms with Crippen molar-refractivity contribution in [3.63, 3.8) is 0 Å². The van der Waals surface area contributed by atoms with E-state index in [1.807, 2.05) is 11.8 Å². The van der Waals surface area contributed by atoms with Crippen molar-refractivity contribution in [1.29, 1.82) is 0 Å². The summed E-state index contributed by atoms with van der Waals surface area (Å²) in [4.78, 5) is 14.0. The highest BCUT2D eigenvalue weighted by molar-refractivity contribution is 7.99. The van der Waals surface area contributed by atoms with E-state index in [9.17, 15) is 107 Å². The van der Waals surface area contributed by atoms with Crippen LogP contribution >= 0.6 is 11.8 Å². The normalized spacial score (nSPS) is 44.7. The Hall–Kier alpha value is -1.34. The zero-order valence-electron chi connectivity index (χ0n) is 57.7. The van der Waals surface area contributed by atoms with Gasteiger partial charge in [0.25, 0.3) is 0 Å². The van der Waals surface area contributed by atoms with Gasteiger partial charge in [0, 0.05) is 12.8 Å². The smallest absolute Gasteiger partial charge is 0.187 e. The second-order valence-electron chi connectivity index (χ2n) is 27.9. The molecule has 21 rings (SSSR count). The predicted octanol–water partition coefficient (Wildman–Crippen LogP) is -5.71. The molecule has 0 saturated carbocycles. The van der Waals surface area contributed by atoms with Crippen LogP contribution in [-0.2, 0) is 71.1 Å². The highest BCUT2D eigenvalue weighted by atomic mass is 32.2. The number of carbonyl (C=O) groups excluding carboxylic acids is 1. The number of unbranched alkanes of at least 4 members (excludes halogenated alkanes) is 17. The van der Waals surface area contributed by atoms with E-state index in [4.69, 9.17) is 66.3 Å². The van der Waals surface area contributed by atoms with E-state index >= 15 is 0 Å². The molecule has 596 valence electrons. The van der Waals surface area contributed by atoms with Crippen LogP contribution in [0.15, 0.2) is 0 Å². The number of thioether (sulfide) groups is 1. The van der Waals surface area contributed by atoms with Crippen molar-refractivity contribution in [1.82, 2.24) is 0 Å². The van der Waals surface area contributed by atoms with Gasteiger partial charge in [-0.15, -0.1) is 0 Å². The molecule has 21 fully saturated rings. The fraction of sp³-hybridized carbons (Fsp3) is 0.985. The van der Waals surface area contributed by atoms with E-state index in [2.05, 4.69) is 6.92 Å². The quantitative estimate of drug-likeness (QED) is 0.0288. The van der Waals surface area contributed by atoms with Gasteiger partial charge < -0.3 is 168 Å². The highest BCUT2D eigenvalue weighted by Gasteiger charge is 2.60. The van der Waals surface area contributed by atoms with E-state index in [0.29, 0.717) is 12.8 Å². The van der Waals surface area contributed by atoms with Crippen molar-refractivity contribution in [2.75, 3.05) is 51.1 Å². The first-order chi connectivity index (χ1) is 49.0. The van der Waals surface area contributed by atoms with E-state index in [-0.39, 0.29) is 6.42 Å². The van der Waals surface area contributed by atoms with Gasteiger partial charge in [-0.3, -0.25) is 4.79 Å². The molecule has 0 aromatic carbocycles. The van der Waals surface area contributed by atoms with Gasteiger partial charge in [0.05, 0.1) is 45.7 Å². The van der Waals surface area contributed by atoms with Crippen LogP contribution < -0.4 is 0 Å². The van der Waals surface area contributed by atoms with Gasteiger partial charge in [-0.25, -0.2) is 0 Å². The van der Waals surface area contributed by atoms with E-state index in [0.717, 1.165) is 37.9 Å². The third kappa shape index (κ3) is 22.0. The summed E-state index contributed by atoms with van der Waals surface area (Å²) in [6.45, 7) is -4.06. The molecule has 35 atom stereocenters. The summed E-state index contributed by atoms with van der Waals surface area (Å²) >= 11 is 2.04. The average molecular weight is 1500 g/mol. The number of carbonyl (C=O) groups is 1. The number of aliphatic hydroxyl groups is 20. The Morgan fingerprint density at radius 3 is 0.647 bits per heavy atom. The summed E-state index contributed by atoms with van der Waals surface area (Å²) in [6, 6.07) is 0. The molecule has 0 radical (unpaired) electrons. The summed E-state index contributed by atoms with van der Waals surface area (Å²) in [6.07, 6.45) is -49.4. The topological polar surface area (TPSA) is 551 Å². The minimum Gasteiger partial charge on any atom is -0.394 e. The lowest BCUT2D eigenvalue weighted by Crippen LogP contribution is -2.68. The van der Waals surface area contributed by atoms with Gasteiger partial charge in [0.2, 0.25) is 0 Å². The Kier molecular flexibility index (Phi) is 36.1. The standard InChI is InChI=1S/C66H116O35S/c1-2-3-4-5-6-7-10-13-16-19-22-102-23-20-17-14-11-8-9-12-15-18-21-31(73)24-32-53-39(74)46(81)60(88-32)96-54-33(25-67)90-62(48(83)41(54)76)98-56-35(27-69)92-64(50(85)43(56)78)100-58-37(29-71)94-66(52(87)45(58)80)101-59-38(30-72)93-65(51(86)44(59)79)99-57-36(28-70)91-63(49(84)42(57)77)97-55-34(26-68)89-61(95-53)47(82)40(55)75/h32-72,74-87H,2-30H2,1H3/t32-,33-,34-,35-,36-,37-,38-,39-,40-,41-,42-,43-,44-,45-,46-,47-,48-,49-,50-,51-,52-,53-,54-,55-,56-,57-,58-,59-,60-,61-,62-,63-,64-,65-,66-/m1/s1. The van der Waals surface area contributed by atoms with E-state index in [1.54, 1.807) is 0 Å². The van der Waals surface area contributed by atoms with Crippen LogP contribution in [0.5, 0.6) is 0 Å². The molecule has 20 N–H and O–H groups in total. The number of hydrogen-bond donors (Lipinski definition) is 20. The number of aliphatic hydroxyl groups excluding tert-OH is 20. The zero-order valence-corrected chi connectivity index (χ0v) is 58.5. The SMILES string of the molecule is CCCCCCCCCCCCSCCCCCCCCCCCC(=O)C[C@H]1O[C@@H]2O[C@H]3[C@H](O)[C@@H](O)[C@@H](O[C@H]4[C@H](O)[C@@H](O)[C@@H](O[C@H]5[C@H](O)[C@@H](O)[C@@H](O[C@H]6[C@H](O)[C@@H](O)[C@@H](O[C@H]7[C@H](O)[C@@H](O)[C@@H](O[C@H]8[C@H](O)[C@@H](O)[C@@H](O[C@H]1[C@H](O)[C@H]2O)O[C@@H]8CO)O[C@@H]7CO)O[C@@H]6CO)O[C@@H]5CO)O[C@@H]4CO)O[C@@H]3CO. The van der Waals surface area contributed by atoms with Crippen LogP contribution in [-0.4, -0.2) is 374 Å². The fourth-order valence-corrected chi connectivity index (χ4v) is 15.3. The molecule has 102 heavy (non-hydrogen) atoms. The maximum Gasteiger partial charge on any atom is 0.187 e. The second-order valence-corrected chi connectivity index (χ2v) is 29.2. The molecule has 14 bridgehead atoms. The van der Waals surface area contributed by atoms with Crippen LogP contribution in [0.4, 0.5) is 0 Å². The summed E-state index contributed by atoms with van der Waals surface area (Å²) in [5.74, 6) is 1.93. The number of rotatable bonds is 31. The first-order valence-corrected chi connectivity index (χ1v) is 37.7. The van der Waals surface area contributed by atoms with Crippen molar-refractivity contribution in [3.8, 4) is 0 Å². The van der Waals surface area contributed by atoms with Crippen LogP contribution in [0.2, 0.25) is 0 Å². The van der Waals surface area contributed by atoms with Crippen molar-refractivity contribution in [2.45, 2.75) is 357 Å². The van der Waals surface area contributed by atoms with Gasteiger partial charge in [-0.1, -0.05) is 110 Å². The molecule has 0 aromatic heterocycles. The summed E-state index contributed by atoms with van der Waals surface area (Å²) in [5, 5.41) is 225. The molecular formula is C66H116O35S. The number of ether oxygens (including phenoxy) is 14. The van der Waals surface area contributed by atoms with E-state index < -0.39 is 267 Å². The molecule has 21 saturated heterocycles. The minimum atomic E-state index is -2.23. The molecule has 21 aliphatic rings. The zero-order chi connectivity index (χ0) is 73.9.